The van der Waals surface area contributed by atoms with Crippen molar-refractivity contribution in [3.8, 4) is 5.75 Å². The summed E-state index contributed by atoms with van der Waals surface area (Å²) in [5.74, 6) is 0.448. The lowest BCUT2D eigenvalue weighted by Gasteiger charge is -2.20. The Morgan fingerprint density at radius 2 is 2.14 bits per heavy atom. The van der Waals surface area contributed by atoms with Gasteiger partial charge in [-0.15, -0.1) is 0 Å². The zero-order chi connectivity index (χ0) is 15.0. The molecule has 2 N–H and O–H groups in total. The molecule has 21 heavy (non-hydrogen) atoms. The van der Waals surface area contributed by atoms with E-state index in [2.05, 4.69) is 27.9 Å². The first kappa shape index (κ1) is 14.3. The highest BCUT2D eigenvalue weighted by molar-refractivity contribution is 14.1. The van der Waals surface area contributed by atoms with Crippen LogP contribution in [0, 0.1) is 10.5 Å². The van der Waals surface area contributed by atoms with Crippen LogP contribution >= 0.6 is 22.6 Å². The van der Waals surface area contributed by atoms with E-state index in [0.29, 0.717) is 11.4 Å². The van der Waals surface area contributed by atoms with Crippen molar-refractivity contribution in [3.05, 3.63) is 56.7 Å². The SMILES string of the molecule is Cc1cccc(C(O)c2ccc3c(c2)NC(=O)CO3)c1I. The van der Waals surface area contributed by atoms with Crippen LogP contribution in [0.15, 0.2) is 36.4 Å². The third-order valence-electron chi connectivity index (χ3n) is 3.47. The van der Waals surface area contributed by atoms with Crippen LogP contribution < -0.4 is 10.1 Å². The van der Waals surface area contributed by atoms with E-state index in [0.717, 1.165) is 20.3 Å². The van der Waals surface area contributed by atoms with Crippen LogP contribution in [0.5, 0.6) is 5.75 Å². The number of benzene rings is 2. The quantitative estimate of drug-likeness (QED) is 0.769. The minimum atomic E-state index is -0.735. The summed E-state index contributed by atoms with van der Waals surface area (Å²) in [7, 11) is 0. The average Bonchev–Trinajstić information content (AvgIpc) is 2.48. The summed E-state index contributed by atoms with van der Waals surface area (Å²) in [6, 6.07) is 11.2. The van der Waals surface area contributed by atoms with Crippen molar-refractivity contribution in [2.24, 2.45) is 0 Å². The second-order valence-corrected chi connectivity index (χ2v) is 6.05. The van der Waals surface area contributed by atoms with Crippen LogP contribution in [-0.4, -0.2) is 17.6 Å². The summed E-state index contributed by atoms with van der Waals surface area (Å²) in [6.07, 6.45) is -0.735. The topological polar surface area (TPSA) is 58.6 Å². The number of carbonyl (C=O) groups excluding carboxylic acids is 1. The van der Waals surface area contributed by atoms with E-state index >= 15 is 0 Å². The molecule has 5 heteroatoms. The number of ether oxygens (including phenoxy) is 1. The Balaban J connectivity index is 1.98. The van der Waals surface area contributed by atoms with Crippen LogP contribution in [0.3, 0.4) is 0 Å². The van der Waals surface area contributed by atoms with Gasteiger partial charge < -0.3 is 15.2 Å². The Labute approximate surface area is 136 Å². The fourth-order valence-electron chi connectivity index (χ4n) is 2.33. The van der Waals surface area contributed by atoms with Gasteiger partial charge in [0.05, 0.1) is 5.69 Å². The summed E-state index contributed by atoms with van der Waals surface area (Å²) in [5, 5.41) is 13.4. The lowest BCUT2D eigenvalue weighted by Crippen LogP contribution is -2.25. The highest BCUT2D eigenvalue weighted by Gasteiger charge is 2.20. The summed E-state index contributed by atoms with van der Waals surface area (Å²) in [4.78, 5) is 11.4. The molecule has 0 radical (unpaired) electrons. The van der Waals surface area contributed by atoms with Crippen LogP contribution in [0.1, 0.15) is 22.8 Å². The normalized spacial score (nSPS) is 14.9. The van der Waals surface area contributed by atoms with Crippen molar-refractivity contribution in [2.75, 3.05) is 11.9 Å². The van der Waals surface area contributed by atoms with Gasteiger partial charge in [0, 0.05) is 3.57 Å². The third kappa shape index (κ3) is 2.75. The molecule has 1 amide bonds. The smallest absolute Gasteiger partial charge is 0.262 e. The predicted molar refractivity (Wildman–Crippen MR) is 88.5 cm³/mol. The van der Waals surface area contributed by atoms with Crippen molar-refractivity contribution < 1.29 is 14.6 Å². The monoisotopic (exact) mass is 395 g/mol. The highest BCUT2D eigenvalue weighted by Crippen LogP contribution is 2.34. The van der Waals surface area contributed by atoms with E-state index < -0.39 is 6.10 Å². The summed E-state index contributed by atoms with van der Waals surface area (Å²) >= 11 is 2.24. The predicted octanol–water partition coefficient (Wildman–Crippen LogP) is 3.01. The lowest BCUT2D eigenvalue weighted by atomic mass is 9.99. The van der Waals surface area contributed by atoms with Crippen LogP contribution in [-0.2, 0) is 4.79 Å². The molecule has 108 valence electrons. The van der Waals surface area contributed by atoms with Crippen molar-refractivity contribution in [1.29, 1.82) is 0 Å². The van der Waals surface area contributed by atoms with Gasteiger partial charge in [0.2, 0.25) is 0 Å². The molecule has 1 heterocycles. The molecular weight excluding hydrogens is 381 g/mol. The number of anilines is 1. The van der Waals surface area contributed by atoms with E-state index in [-0.39, 0.29) is 12.5 Å². The van der Waals surface area contributed by atoms with Crippen LogP contribution in [0.2, 0.25) is 0 Å². The zero-order valence-corrected chi connectivity index (χ0v) is 13.5. The minimum absolute atomic E-state index is 0.0324. The van der Waals surface area contributed by atoms with Crippen molar-refractivity contribution in [1.82, 2.24) is 0 Å². The number of amides is 1. The highest BCUT2D eigenvalue weighted by atomic mass is 127. The molecule has 4 nitrogen and oxygen atoms in total. The average molecular weight is 395 g/mol. The fourth-order valence-corrected chi connectivity index (χ4v) is 2.99. The van der Waals surface area contributed by atoms with Gasteiger partial charge in [0.15, 0.2) is 6.61 Å². The lowest BCUT2D eigenvalue weighted by molar-refractivity contribution is -0.118. The molecule has 0 fully saturated rings. The van der Waals surface area contributed by atoms with Crippen molar-refractivity contribution in [2.45, 2.75) is 13.0 Å². The molecule has 2 aromatic carbocycles. The number of rotatable bonds is 2. The Hall–Kier alpha value is -1.60. The van der Waals surface area contributed by atoms with Gasteiger partial charge in [-0.2, -0.15) is 0 Å². The van der Waals surface area contributed by atoms with E-state index in [1.807, 2.05) is 31.2 Å². The number of hydrogen-bond acceptors (Lipinski definition) is 3. The van der Waals surface area contributed by atoms with Gasteiger partial charge in [-0.3, -0.25) is 4.79 Å². The summed E-state index contributed by atoms with van der Waals surface area (Å²) < 4.78 is 6.37. The van der Waals surface area contributed by atoms with E-state index in [1.54, 1.807) is 12.1 Å². The number of aliphatic hydroxyl groups excluding tert-OH is 1. The van der Waals surface area contributed by atoms with E-state index in [9.17, 15) is 9.90 Å². The van der Waals surface area contributed by atoms with Crippen molar-refractivity contribution in [3.63, 3.8) is 0 Å². The van der Waals surface area contributed by atoms with Crippen LogP contribution in [0.4, 0.5) is 5.69 Å². The molecule has 0 saturated heterocycles. The molecule has 1 aliphatic rings. The summed E-state index contributed by atoms with van der Waals surface area (Å²) in [6.45, 7) is 2.05. The molecule has 0 aliphatic carbocycles. The van der Waals surface area contributed by atoms with E-state index in [4.69, 9.17) is 4.74 Å². The summed E-state index contributed by atoms with van der Waals surface area (Å²) in [5.41, 5.74) is 3.31. The Bertz CT molecular complexity index is 715. The number of hydrogen-bond donors (Lipinski definition) is 2. The number of halogens is 1. The van der Waals surface area contributed by atoms with Gasteiger partial charge in [0.1, 0.15) is 11.9 Å². The maximum Gasteiger partial charge on any atom is 0.262 e. The largest absolute Gasteiger partial charge is 0.482 e. The maximum atomic E-state index is 11.4. The number of fused-ring (bicyclic) bond motifs is 1. The first-order chi connectivity index (χ1) is 10.1. The van der Waals surface area contributed by atoms with Gasteiger partial charge in [-0.05, 0) is 58.3 Å². The maximum absolute atomic E-state index is 11.4. The molecule has 0 saturated carbocycles. The molecule has 0 bridgehead atoms. The number of carbonyl (C=O) groups is 1. The molecule has 1 unspecified atom stereocenters. The fraction of sp³-hybridized carbons (Fsp3) is 0.188. The van der Waals surface area contributed by atoms with Crippen LogP contribution in [0.25, 0.3) is 0 Å². The molecule has 3 rings (SSSR count). The second kappa shape index (κ2) is 5.65. The molecule has 0 spiro atoms. The van der Waals surface area contributed by atoms with Gasteiger partial charge in [-0.25, -0.2) is 0 Å². The molecule has 2 aromatic rings. The third-order valence-corrected chi connectivity index (χ3v) is 4.94. The molecular formula is C16H14INO3. The zero-order valence-electron chi connectivity index (χ0n) is 11.4. The molecule has 1 aliphatic heterocycles. The Morgan fingerprint density at radius 3 is 2.95 bits per heavy atom. The first-order valence-corrected chi connectivity index (χ1v) is 7.64. The Morgan fingerprint density at radius 1 is 1.33 bits per heavy atom. The number of nitrogens with one attached hydrogen (secondary N) is 1. The van der Waals surface area contributed by atoms with Crippen molar-refractivity contribution >= 4 is 34.2 Å². The number of aliphatic hydroxyl groups is 1. The van der Waals surface area contributed by atoms with Gasteiger partial charge in [0.25, 0.3) is 5.91 Å². The van der Waals surface area contributed by atoms with Gasteiger partial charge in [-0.1, -0.05) is 24.3 Å². The first-order valence-electron chi connectivity index (χ1n) is 6.56. The minimum Gasteiger partial charge on any atom is -0.482 e. The molecule has 0 aromatic heterocycles. The molecule has 1 atom stereocenters. The van der Waals surface area contributed by atoms with Gasteiger partial charge >= 0.3 is 0 Å². The standard InChI is InChI=1S/C16H14INO3/c1-9-3-2-4-11(15(9)17)16(20)10-5-6-13-12(7-10)18-14(19)8-21-13/h2-7,16,20H,8H2,1H3,(H,18,19). The van der Waals surface area contributed by atoms with E-state index in [1.165, 1.54) is 0 Å². The second-order valence-electron chi connectivity index (χ2n) is 4.97. The number of aryl methyl sites for hydroxylation is 1. The Kier molecular flexibility index (Phi) is 3.86.